The van der Waals surface area contributed by atoms with Gasteiger partial charge in [-0.25, -0.2) is 9.97 Å². The van der Waals surface area contributed by atoms with Crippen LogP contribution in [0.1, 0.15) is 35.3 Å². The number of carbonyl (C=O) groups excluding carboxylic acids is 1. The number of amides is 1. The smallest absolute Gasteiger partial charge is 0.278 e. The molecule has 10 heteroatoms. The van der Waals surface area contributed by atoms with Crippen LogP contribution in [-0.4, -0.2) is 61.7 Å². The van der Waals surface area contributed by atoms with Gasteiger partial charge in [-0.15, -0.1) is 0 Å². The van der Waals surface area contributed by atoms with Crippen LogP contribution in [0.2, 0.25) is 0 Å². The van der Waals surface area contributed by atoms with E-state index in [2.05, 4.69) is 38.2 Å². The summed E-state index contributed by atoms with van der Waals surface area (Å²) in [5, 5.41) is 2.92. The van der Waals surface area contributed by atoms with Gasteiger partial charge in [-0.2, -0.15) is 0 Å². The maximum absolute atomic E-state index is 13.2. The molecule has 0 saturated carbocycles. The molecule has 1 aromatic carbocycles. The molecule has 1 fully saturated rings. The van der Waals surface area contributed by atoms with Gasteiger partial charge in [0.2, 0.25) is 7.98 Å². The van der Waals surface area contributed by atoms with E-state index < -0.39 is 5.91 Å². The third-order valence-corrected chi connectivity index (χ3v) is 6.38. The van der Waals surface area contributed by atoms with Gasteiger partial charge in [-0.05, 0) is 36.1 Å². The Morgan fingerprint density at radius 1 is 1.18 bits per heavy atom. The number of nitrogens with zero attached hydrogens (tertiary/aromatic N) is 5. The minimum absolute atomic E-state index is 0.0672. The number of ether oxygens (including phenoxy) is 1. The van der Waals surface area contributed by atoms with Crippen molar-refractivity contribution in [2.24, 2.45) is 0 Å². The fraction of sp³-hybridized carbons (Fsp3) is 0.333. The first-order valence-corrected chi connectivity index (χ1v) is 11.4. The summed E-state index contributed by atoms with van der Waals surface area (Å²) in [6.45, 7) is 5.75. The van der Waals surface area contributed by atoms with Gasteiger partial charge in [0, 0.05) is 37.1 Å². The molecule has 2 radical (unpaired) electrons. The quantitative estimate of drug-likeness (QED) is 0.578. The van der Waals surface area contributed by atoms with Gasteiger partial charge in [0.25, 0.3) is 5.91 Å². The molecule has 1 unspecified atom stereocenters. The Bertz CT molecular complexity index is 1220. The minimum atomic E-state index is -0.436. The number of rotatable bonds is 4. The van der Waals surface area contributed by atoms with Gasteiger partial charge in [-0.3, -0.25) is 9.78 Å². The Labute approximate surface area is 199 Å². The van der Waals surface area contributed by atoms with Gasteiger partial charge >= 0.3 is 0 Å². The SMILES string of the molecule is [B]N1CCC(C)c2cc(-c3cnc(N)c(C(=O)Nc4cnccc4N4CCOCC4)n3)ccc21. The number of benzene rings is 1. The maximum atomic E-state index is 13.2. The lowest BCUT2D eigenvalue weighted by Gasteiger charge is -2.32. The van der Waals surface area contributed by atoms with Crippen molar-refractivity contribution >= 4 is 36.8 Å². The highest BCUT2D eigenvalue weighted by Crippen LogP contribution is 2.36. The standard InChI is InChI=1S/C24H26BN7O2/c1-15-5-7-32(25)20-3-2-16(12-17(15)20)18-14-28-23(26)22(29-18)24(33)30-19-13-27-6-4-21(19)31-8-10-34-11-9-31/h2-4,6,12-15H,5,7-11H2,1H3,(H2,26,28)(H,30,33). The molecule has 2 aromatic heterocycles. The highest BCUT2D eigenvalue weighted by atomic mass is 16.5. The van der Waals surface area contributed by atoms with Crippen LogP contribution in [0.3, 0.4) is 0 Å². The van der Waals surface area contributed by atoms with E-state index >= 15 is 0 Å². The average Bonchev–Trinajstić information content (AvgIpc) is 2.87. The first kappa shape index (κ1) is 22.2. The predicted molar refractivity (Wildman–Crippen MR) is 133 cm³/mol. The van der Waals surface area contributed by atoms with Crippen LogP contribution in [0.5, 0.6) is 0 Å². The fourth-order valence-corrected chi connectivity index (χ4v) is 4.43. The summed E-state index contributed by atoms with van der Waals surface area (Å²) in [5.74, 6) is 0.00907. The Morgan fingerprint density at radius 3 is 2.82 bits per heavy atom. The summed E-state index contributed by atoms with van der Waals surface area (Å²) >= 11 is 0. The summed E-state index contributed by atoms with van der Waals surface area (Å²) in [6, 6.07) is 7.87. The number of pyridine rings is 1. The van der Waals surface area contributed by atoms with E-state index in [4.69, 9.17) is 18.5 Å². The van der Waals surface area contributed by atoms with Crippen LogP contribution in [0.4, 0.5) is 22.9 Å². The predicted octanol–water partition coefficient (Wildman–Crippen LogP) is 2.61. The van der Waals surface area contributed by atoms with Crippen LogP contribution in [0, 0.1) is 0 Å². The van der Waals surface area contributed by atoms with Crippen molar-refractivity contribution in [1.82, 2.24) is 15.0 Å². The van der Waals surface area contributed by atoms with E-state index in [0.29, 0.717) is 30.5 Å². The van der Waals surface area contributed by atoms with Gasteiger partial charge in [-0.1, -0.05) is 13.0 Å². The number of morpholine rings is 1. The highest BCUT2D eigenvalue weighted by Gasteiger charge is 2.22. The second-order valence-corrected chi connectivity index (χ2v) is 8.59. The second kappa shape index (κ2) is 9.30. The van der Waals surface area contributed by atoms with Crippen LogP contribution < -0.4 is 20.8 Å². The molecule has 1 saturated heterocycles. The van der Waals surface area contributed by atoms with E-state index in [0.717, 1.165) is 48.6 Å². The van der Waals surface area contributed by atoms with E-state index in [1.165, 1.54) is 0 Å². The lowest BCUT2D eigenvalue weighted by atomic mass is 9.88. The van der Waals surface area contributed by atoms with Gasteiger partial charge in [0.15, 0.2) is 11.5 Å². The second-order valence-electron chi connectivity index (χ2n) is 8.59. The van der Waals surface area contributed by atoms with Gasteiger partial charge in [0.1, 0.15) is 0 Å². The first-order chi connectivity index (χ1) is 16.5. The number of fused-ring (bicyclic) bond motifs is 1. The Kier molecular flexibility index (Phi) is 6.06. The third kappa shape index (κ3) is 4.28. The van der Waals surface area contributed by atoms with Crippen LogP contribution >= 0.6 is 0 Å². The van der Waals surface area contributed by atoms with Crippen molar-refractivity contribution in [3.63, 3.8) is 0 Å². The molecule has 4 heterocycles. The summed E-state index contributed by atoms with van der Waals surface area (Å²) in [4.78, 5) is 30.1. The molecule has 0 spiro atoms. The maximum Gasteiger partial charge on any atom is 0.278 e. The summed E-state index contributed by atoms with van der Waals surface area (Å²) in [7, 11) is 6.14. The lowest BCUT2D eigenvalue weighted by molar-refractivity contribution is 0.102. The molecule has 34 heavy (non-hydrogen) atoms. The van der Waals surface area contributed by atoms with Crippen molar-refractivity contribution in [1.29, 1.82) is 0 Å². The highest BCUT2D eigenvalue weighted by molar-refractivity contribution is 6.18. The van der Waals surface area contributed by atoms with Crippen molar-refractivity contribution in [3.05, 3.63) is 54.1 Å². The molecule has 1 atom stereocenters. The number of anilines is 4. The molecule has 9 nitrogen and oxygen atoms in total. The Hall–Kier alpha value is -3.66. The molecule has 2 aliphatic rings. The van der Waals surface area contributed by atoms with E-state index in [9.17, 15) is 4.79 Å². The monoisotopic (exact) mass is 455 g/mol. The number of nitrogen functional groups attached to an aromatic ring is 1. The summed E-state index contributed by atoms with van der Waals surface area (Å²) in [5.41, 5.74) is 11.2. The van der Waals surface area contributed by atoms with Crippen molar-refractivity contribution < 1.29 is 9.53 Å². The number of aromatic nitrogens is 3. The summed E-state index contributed by atoms with van der Waals surface area (Å²) < 4.78 is 5.44. The zero-order valence-corrected chi connectivity index (χ0v) is 19.1. The number of nitrogens with one attached hydrogen (secondary N) is 1. The molecule has 3 N–H and O–H groups in total. The van der Waals surface area contributed by atoms with Crippen LogP contribution in [-0.2, 0) is 4.74 Å². The number of hydrogen-bond acceptors (Lipinski definition) is 8. The van der Waals surface area contributed by atoms with Crippen molar-refractivity contribution in [2.45, 2.75) is 19.3 Å². The van der Waals surface area contributed by atoms with Gasteiger partial charge in [0.05, 0.1) is 42.7 Å². The Morgan fingerprint density at radius 2 is 2.00 bits per heavy atom. The Balaban J connectivity index is 1.43. The third-order valence-electron chi connectivity index (χ3n) is 6.38. The van der Waals surface area contributed by atoms with Crippen LogP contribution in [0.15, 0.2) is 42.9 Å². The van der Waals surface area contributed by atoms with E-state index in [-0.39, 0.29) is 11.5 Å². The average molecular weight is 455 g/mol. The number of carbonyl (C=O) groups is 1. The molecule has 172 valence electrons. The van der Waals surface area contributed by atoms with E-state index in [1.807, 2.05) is 18.2 Å². The molecular formula is C24H26BN7O2. The normalized spacial score (nSPS) is 17.9. The number of nitrogens with two attached hydrogens (primary N) is 1. The molecule has 0 bridgehead atoms. The number of hydrogen-bond donors (Lipinski definition) is 2. The fourth-order valence-electron chi connectivity index (χ4n) is 4.43. The topological polar surface area (TPSA) is 110 Å². The minimum Gasteiger partial charge on any atom is -0.425 e. The molecule has 2 aliphatic heterocycles. The molecule has 0 aliphatic carbocycles. The zero-order chi connectivity index (χ0) is 23.7. The van der Waals surface area contributed by atoms with Gasteiger partial charge < -0.3 is 25.5 Å². The van der Waals surface area contributed by atoms with E-state index in [1.54, 1.807) is 23.4 Å². The first-order valence-electron chi connectivity index (χ1n) is 11.4. The van der Waals surface area contributed by atoms with Crippen molar-refractivity contribution in [3.8, 4) is 11.3 Å². The molecule has 1 amide bonds. The van der Waals surface area contributed by atoms with Crippen LogP contribution in [0.25, 0.3) is 11.3 Å². The van der Waals surface area contributed by atoms with Crippen molar-refractivity contribution in [2.75, 3.05) is 53.6 Å². The zero-order valence-electron chi connectivity index (χ0n) is 19.1. The largest absolute Gasteiger partial charge is 0.425 e. The molecular weight excluding hydrogens is 429 g/mol. The molecule has 5 rings (SSSR count). The molecule has 3 aromatic rings. The summed E-state index contributed by atoms with van der Waals surface area (Å²) in [6.07, 6.45) is 5.89. The lowest BCUT2D eigenvalue weighted by Crippen LogP contribution is -2.36.